The van der Waals surface area contributed by atoms with Crippen molar-refractivity contribution in [3.05, 3.63) is 42.0 Å². The summed E-state index contributed by atoms with van der Waals surface area (Å²) in [6.45, 7) is 4.84. The number of piperidine rings is 1. The van der Waals surface area contributed by atoms with E-state index in [1.54, 1.807) is 24.1 Å². The molecule has 2 aliphatic rings. The van der Waals surface area contributed by atoms with Crippen molar-refractivity contribution in [3.63, 3.8) is 0 Å². The second kappa shape index (κ2) is 6.47. The number of carbonyl (C=O) groups is 3. The summed E-state index contributed by atoms with van der Waals surface area (Å²) in [6.07, 6.45) is 2.54. The summed E-state index contributed by atoms with van der Waals surface area (Å²) in [6, 6.07) is 6.99. The molecule has 1 aliphatic carbocycles. The Hall–Kier alpha value is -2.43. The zero-order valence-corrected chi connectivity index (χ0v) is 14.7. The summed E-state index contributed by atoms with van der Waals surface area (Å²) < 4.78 is 4.71. The topological polar surface area (TPSA) is 63.7 Å². The van der Waals surface area contributed by atoms with Crippen LogP contribution in [0.3, 0.4) is 0 Å². The molecule has 0 N–H and O–H groups in total. The molecule has 1 saturated carbocycles. The first-order chi connectivity index (χ1) is 11.9. The van der Waals surface area contributed by atoms with Gasteiger partial charge >= 0.3 is 5.97 Å². The Morgan fingerprint density at radius 1 is 1.24 bits per heavy atom. The molecule has 5 nitrogen and oxygen atoms in total. The van der Waals surface area contributed by atoms with E-state index in [1.807, 2.05) is 12.1 Å². The van der Waals surface area contributed by atoms with E-state index in [0.29, 0.717) is 24.9 Å². The number of Topliss-reactive ketones (excluding diaryl/α,β-unsaturated/α-hetero) is 1. The van der Waals surface area contributed by atoms with Crippen molar-refractivity contribution in [1.29, 1.82) is 0 Å². The monoisotopic (exact) mass is 341 g/mol. The first-order valence-corrected chi connectivity index (χ1v) is 8.58. The number of amides is 1. The second-order valence-corrected chi connectivity index (χ2v) is 6.91. The fraction of sp³-hybridized carbons (Fsp3) is 0.450. The summed E-state index contributed by atoms with van der Waals surface area (Å²) in [7, 11) is 3.11. The van der Waals surface area contributed by atoms with Crippen molar-refractivity contribution in [3.8, 4) is 0 Å². The number of likely N-dealkylation sites (tertiary alicyclic amines) is 1. The summed E-state index contributed by atoms with van der Waals surface area (Å²) in [4.78, 5) is 38.8. The van der Waals surface area contributed by atoms with Gasteiger partial charge in [0.05, 0.1) is 12.7 Å². The van der Waals surface area contributed by atoms with Gasteiger partial charge in [0.25, 0.3) is 0 Å². The van der Waals surface area contributed by atoms with Gasteiger partial charge in [0, 0.05) is 25.9 Å². The zero-order valence-electron chi connectivity index (χ0n) is 14.7. The van der Waals surface area contributed by atoms with Crippen LogP contribution in [-0.2, 0) is 14.3 Å². The van der Waals surface area contributed by atoms with Gasteiger partial charge in [0.1, 0.15) is 11.2 Å². The molecule has 1 aliphatic heterocycles. The van der Waals surface area contributed by atoms with E-state index in [4.69, 9.17) is 4.74 Å². The maximum Gasteiger partial charge on any atom is 0.337 e. The van der Waals surface area contributed by atoms with E-state index >= 15 is 0 Å². The molecule has 1 aromatic rings. The maximum absolute atomic E-state index is 12.9. The van der Waals surface area contributed by atoms with Crippen molar-refractivity contribution in [2.24, 2.45) is 11.3 Å². The van der Waals surface area contributed by atoms with Gasteiger partial charge in [-0.15, -0.1) is 0 Å². The van der Waals surface area contributed by atoms with Gasteiger partial charge in [-0.1, -0.05) is 18.7 Å². The molecule has 132 valence electrons. The Bertz CT molecular complexity index is 737. The number of nitrogens with zero attached hydrogens (tertiary/aromatic N) is 1. The number of hydrogen-bond donors (Lipinski definition) is 0. The molecule has 1 amide bonds. The Morgan fingerprint density at radius 2 is 1.88 bits per heavy atom. The molecule has 2 atom stereocenters. The van der Waals surface area contributed by atoms with Gasteiger partial charge in [-0.05, 0) is 42.5 Å². The van der Waals surface area contributed by atoms with Crippen LogP contribution in [-0.4, -0.2) is 43.3 Å². The number of methoxy groups -OCH3 is 1. The van der Waals surface area contributed by atoms with Crippen molar-refractivity contribution < 1.29 is 19.1 Å². The van der Waals surface area contributed by atoms with Crippen LogP contribution in [0.1, 0.15) is 41.6 Å². The van der Waals surface area contributed by atoms with Gasteiger partial charge in [-0.25, -0.2) is 4.79 Å². The number of ether oxygens (including phenoxy) is 1. The molecule has 25 heavy (non-hydrogen) atoms. The standard InChI is InChI=1S/C20H23NO4/c1-13(14-6-8-15(9-7-14)18(23)25-3)16-10-12-21(2)19(24)20(16)11-4-5-17(20)22/h6-9,16H,1,4-5,10-12H2,2-3H3/t16-,20+/m0/s1. The SMILES string of the molecule is C=C(c1ccc(C(=O)OC)cc1)[C@@H]1CCN(C)C(=O)[C@]12CCCC2=O. The molecule has 1 saturated heterocycles. The quantitative estimate of drug-likeness (QED) is 0.626. The highest BCUT2D eigenvalue weighted by molar-refractivity contribution is 6.09. The van der Waals surface area contributed by atoms with Crippen molar-refractivity contribution >= 4 is 23.2 Å². The second-order valence-electron chi connectivity index (χ2n) is 6.91. The highest BCUT2D eigenvalue weighted by atomic mass is 16.5. The third-order valence-electron chi connectivity index (χ3n) is 5.65. The lowest BCUT2D eigenvalue weighted by atomic mass is 9.64. The van der Waals surface area contributed by atoms with Crippen LogP contribution in [0.2, 0.25) is 0 Å². The Kier molecular flexibility index (Phi) is 4.50. The minimum Gasteiger partial charge on any atom is -0.465 e. The molecule has 0 unspecified atom stereocenters. The first kappa shape index (κ1) is 17.4. The average molecular weight is 341 g/mol. The highest BCUT2D eigenvalue weighted by Crippen LogP contribution is 2.51. The summed E-state index contributed by atoms with van der Waals surface area (Å²) >= 11 is 0. The van der Waals surface area contributed by atoms with E-state index in [1.165, 1.54) is 7.11 Å². The molecule has 1 heterocycles. The third-order valence-corrected chi connectivity index (χ3v) is 5.65. The van der Waals surface area contributed by atoms with Crippen LogP contribution >= 0.6 is 0 Å². The van der Waals surface area contributed by atoms with Crippen molar-refractivity contribution in [2.75, 3.05) is 20.7 Å². The largest absolute Gasteiger partial charge is 0.465 e. The van der Waals surface area contributed by atoms with E-state index in [0.717, 1.165) is 24.0 Å². The van der Waals surface area contributed by atoms with Crippen LogP contribution < -0.4 is 0 Å². The van der Waals surface area contributed by atoms with Crippen molar-refractivity contribution in [2.45, 2.75) is 25.7 Å². The van der Waals surface area contributed by atoms with Gasteiger partial charge in [0.15, 0.2) is 0 Å². The van der Waals surface area contributed by atoms with Crippen LogP contribution in [0, 0.1) is 11.3 Å². The maximum atomic E-state index is 12.9. The van der Waals surface area contributed by atoms with Crippen molar-refractivity contribution in [1.82, 2.24) is 4.90 Å². The number of carbonyl (C=O) groups excluding carboxylic acids is 3. The zero-order chi connectivity index (χ0) is 18.2. The first-order valence-electron chi connectivity index (χ1n) is 8.58. The fourth-order valence-electron chi connectivity index (χ4n) is 4.26. The fourth-order valence-corrected chi connectivity index (χ4v) is 4.26. The predicted octanol–water partition coefficient (Wildman–Crippen LogP) is 2.70. The van der Waals surface area contributed by atoms with Crippen LogP contribution in [0.4, 0.5) is 0 Å². The Labute approximate surface area is 147 Å². The normalized spacial score (nSPS) is 26.2. The molecule has 3 rings (SSSR count). The highest BCUT2D eigenvalue weighted by Gasteiger charge is 2.57. The molecule has 1 aromatic carbocycles. The molecular formula is C20H23NO4. The summed E-state index contributed by atoms with van der Waals surface area (Å²) in [5.74, 6) is -0.607. The molecule has 2 fully saturated rings. The van der Waals surface area contributed by atoms with Crippen LogP contribution in [0.5, 0.6) is 0 Å². The minimum absolute atomic E-state index is 0.0429. The minimum atomic E-state index is -0.953. The molecule has 0 radical (unpaired) electrons. The number of esters is 1. The van der Waals surface area contributed by atoms with Gasteiger partial charge < -0.3 is 9.64 Å². The molecule has 0 aromatic heterocycles. The molecule has 1 spiro atoms. The van der Waals surface area contributed by atoms with E-state index in [2.05, 4.69) is 6.58 Å². The number of rotatable bonds is 3. The lowest BCUT2D eigenvalue weighted by Crippen LogP contribution is -2.54. The summed E-state index contributed by atoms with van der Waals surface area (Å²) in [5.41, 5.74) is 1.16. The van der Waals surface area contributed by atoms with E-state index in [-0.39, 0.29) is 17.6 Å². The van der Waals surface area contributed by atoms with E-state index in [9.17, 15) is 14.4 Å². The summed E-state index contributed by atoms with van der Waals surface area (Å²) in [5, 5.41) is 0. The Balaban J connectivity index is 1.93. The van der Waals surface area contributed by atoms with Crippen LogP contribution in [0.25, 0.3) is 5.57 Å². The predicted molar refractivity (Wildman–Crippen MR) is 93.9 cm³/mol. The molecule has 5 heteroatoms. The van der Waals surface area contributed by atoms with Crippen LogP contribution in [0.15, 0.2) is 30.8 Å². The van der Waals surface area contributed by atoms with Gasteiger partial charge in [-0.2, -0.15) is 0 Å². The number of benzene rings is 1. The third kappa shape index (κ3) is 2.68. The van der Waals surface area contributed by atoms with E-state index < -0.39 is 11.4 Å². The average Bonchev–Trinajstić information content (AvgIpc) is 3.01. The number of ketones is 1. The molecular weight excluding hydrogens is 318 g/mol. The molecule has 0 bridgehead atoms. The Morgan fingerprint density at radius 3 is 2.44 bits per heavy atom. The number of allylic oxidation sites excluding steroid dienone is 1. The lowest BCUT2D eigenvalue weighted by molar-refractivity contribution is -0.153. The van der Waals surface area contributed by atoms with Gasteiger partial charge in [0.2, 0.25) is 5.91 Å². The smallest absolute Gasteiger partial charge is 0.337 e. The number of hydrogen-bond acceptors (Lipinski definition) is 4. The van der Waals surface area contributed by atoms with Gasteiger partial charge in [-0.3, -0.25) is 9.59 Å². The lowest BCUT2D eigenvalue weighted by Gasteiger charge is -2.43.